The maximum absolute atomic E-state index is 12.6. The number of likely N-dealkylation sites (tertiary alicyclic amines) is 1. The fraction of sp³-hybridized carbons (Fsp3) is 0.240. The van der Waals surface area contributed by atoms with Crippen LogP contribution >= 0.6 is 0 Å². The van der Waals surface area contributed by atoms with Gasteiger partial charge in [-0.15, -0.1) is 0 Å². The zero-order valence-electron chi connectivity index (χ0n) is 17.2. The second-order valence-corrected chi connectivity index (χ2v) is 7.70. The lowest BCUT2D eigenvalue weighted by Crippen LogP contribution is -2.41. The second kappa shape index (κ2) is 9.43. The van der Waals surface area contributed by atoms with Gasteiger partial charge in [-0.05, 0) is 48.7 Å². The minimum Gasteiger partial charge on any atom is -0.484 e. The molecular formula is C25H25N3O3. The van der Waals surface area contributed by atoms with Crippen molar-refractivity contribution in [1.82, 2.24) is 9.88 Å². The van der Waals surface area contributed by atoms with E-state index in [4.69, 9.17) is 10.5 Å². The van der Waals surface area contributed by atoms with E-state index < -0.39 is 5.91 Å². The standard InChI is InChI=1S/C25H25N3O3/c26-25(30)19-7-4-6-18(14-19)20-11-12-23(27-15-20)21-8-5-13-28(16-21)24(29)17-31-22-9-2-1-3-10-22/h1-4,6-7,9-12,14-15,21H,5,8,13,16-17H2,(H2,26,30)/t21-/m0/s1. The summed E-state index contributed by atoms with van der Waals surface area (Å²) in [5.41, 5.74) is 8.64. The third kappa shape index (κ3) is 5.09. The maximum Gasteiger partial charge on any atom is 0.260 e. The fourth-order valence-electron chi connectivity index (χ4n) is 3.87. The lowest BCUT2D eigenvalue weighted by molar-refractivity contribution is -0.134. The monoisotopic (exact) mass is 415 g/mol. The Morgan fingerprint density at radius 2 is 1.87 bits per heavy atom. The van der Waals surface area contributed by atoms with Crippen LogP contribution in [0.1, 0.15) is 34.8 Å². The first-order valence-electron chi connectivity index (χ1n) is 10.4. The molecule has 2 aromatic carbocycles. The Morgan fingerprint density at radius 1 is 1.03 bits per heavy atom. The summed E-state index contributed by atoms with van der Waals surface area (Å²) >= 11 is 0. The summed E-state index contributed by atoms with van der Waals surface area (Å²) in [7, 11) is 0. The van der Waals surface area contributed by atoms with Crippen molar-refractivity contribution in [2.75, 3.05) is 19.7 Å². The lowest BCUT2D eigenvalue weighted by Gasteiger charge is -2.32. The van der Waals surface area contributed by atoms with Gasteiger partial charge in [0.2, 0.25) is 5.91 Å². The molecule has 3 aromatic rings. The van der Waals surface area contributed by atoms with Gasteiger partial charge in [0.25, 0.3) is 5.91 Å². The number of nitrogens with zero attached hydrogens (tertiary/aromatic N) is 2. The van der Waals surface area contributed by atoms with Crippen LogP contribution in [0.25, 0.3) is 11.1 Å². The third-order valence-corrected chi connectivity index (χ3v) is 5.56. The number of para-hydroxylation sites is 1. The summed E-state index contributed by atoms with van der Waals surface area (Å²) in [6.45, 7) is 1.42. The molecule has 0 spiro atoms. The van der Waals surface area contributed by atoms with E-state index >= 15 is 0 Å². The van der Waals surface area contributed by atoms with Crippen LogP contribution in [0.5, 0.6) is 5.75 Å². The van der Waals surface area contributed by atoms with Crippen molar-refractivity contribution >= 4 is 11.8 Å². The second-order valence-electron chi connectivity index (χ2n) is 7.70. The number of ether oxygens (including phenoxy) is 1. The van der Waals surface area contributed by atoms with E-state index in [1.165, 1.54) is 0 Å². The van der Waals surface area contributed by atoms with Crippen LogP contribution in [0, 0.1) is 0 Å². The van der Waals surface area contributed by atoms with Crippen molar-refractivity contribution in [3.63, 3.8) is 0 Å². The summed E-state index contributed by atoms with van der Waals surface area (Å²) in [6, 6.07) is 20.6. The van der Waals surface area contributed by atoms with E-state index in [9.17, 15) is 9.59 Å². The Balaban J connectivity index is 1.39. The largest absolute Gasteiger partial charge is 0.484 e. The van der Waals surface area contributed by atoms with E-state index in [-0.39, 0.29) is 18.4 Å². The lowest BCUT2D eigenvalue weighted by atomic mass is 9.93. The topological polar surface area (TPSA) is 85.5 Å². The minimum atomic E-state index is -0.449. The van der Waals surface area contributed by atoms with E-state index in [1.807, 2.05) is 65.7 Å². The molecule has 1 aromatic heterocycles. The molecule has 0 unspecified atom stereocenters. The van der Waals surface area contributed by atoms with Crippen molar-refractivity contribution in [1.29, 1.82) is 0 Å². The van der Waals surface area contributed by atoms with Crippen LogP contribution < -0.4 is 10.5 Å². The van der Waals surface area contributed by atoms with Gasteiger partial charge in [-0.1, -0.05) is 36.4 Å². The zero-order chi connectivity index (χ0) is 21.6. The Kier molecular flexibility index (Phi) is 6.26. The van der Waals surface area contributed by atoms with Gasteiger partial charge in [0, 0.05) is 42.0 Å². The molecule has 1 aliphatic rings. The SMILES string of the molecule is NC(=O)c1cccc(-c2ccc([C@H]3CCCN(C(=O)COc4ccccc4)C3)nc2)c1. The highest BCUT2D eigenvalue weighted by molar-refractivity contribution is 5.94. The molecule has 2 heterocycles. The number of hydrogen-bond donors (Lipinski definition) is 1. The first-order valence-corrected chi connectivity index (χ1v) is 10.4. The van der Waals surface area contributed by atoms with Crippen LogP contribution in [0.15, 0.2) is 72.9 Å². The van der Waals surface area contributed by atoms with Crippen LogP contribution in [-0.2, 0) is 4.79 Å². The molecular weight excluding hydrogens is 390 g/mol. The molecule has 31 heavy (non-hydrogen) atoms. The number of nitrogens with two attached hydrogens (primary N) is 1. The highest BCUT2D eigenvalue weighted by atomic mass is 16.5. The van der Waals surface area contributed by atoms with Crippen LogP contribution in [0.2, 0.25) is 0 Å². The average Bonchev–Trinajstić information content (AvgIpc) is 2.83. The van der Waals surface area contributed by atoms with Gasteiger partial charge >= 0.3 is 0 Å². The number of piperidine rings is 1. The van der Waals surface area contributed by atoms with E-state index in [0.717, 1.165) is 36.2 Å². The van der Waals surface area contributed by atoms with Crippen molar-refractivity contribution in [2.45, 2.75) is 18.8 Å². The Labute approximate surface area is 181 Å². The summed E-state index contributed by atoms with van der Waals surface area (Å²) in [4.78, 5) is 30.6. The molecule has 0 saturated carbocycles. The Morgan fingerprint density at radius 3 is 2.61 bits per heavy atom. The molecule has 6 nitrogen and oxygen atoms in total. The fourth-order valence-corrected chi connectivity index (χ4v) is 3.87. The maximum atomic E-state index is 12.6. The van der Waals surface area contributed by atoms with Crippen molar-refractivity contribution in [2.24, 2.45) is 5.73 Å². The van der Waals surface area contributed by atoms with E-state index in [1.54, 1.807) is 12.1 Å². The molecule has 2 N–H and O–H groups in total. The number of hydrogen-bond acceptors (Lipinski definition) is 4. The molecule has 1 saturated heterocycles. The van der Waals surface area contributed by atoms with Gasteiger partial charge in [-0.3, -0.25) is 14.6 Å². The predicted molar refractivity (Wildman–Crippen MR) is 119 cm³/mol. The molecule has 0 radical (unpaired) electrons. The molecule has 6 heteroatoms. The number of benzene rings is 2. The summed E-state index contributed by atoms with van der Waals surface area (Å²) in [6.07, 6.45) is 3.74. The number of aromatic nitrogens is 1. The summed E-state index contributed by atoms with van der Waals surface area (Å²) in [5.74, 6) is 0.436. The van der Waals surface area contributed by atoms with Gasteiger partial charge in [0.1, 0.15) is 5.75 Å². The molecule has 0 bridgehead atoms. The number of primary amides is 1. The molecule has 1 aliphatic heterocycles. The third-order valence-electron chi connectivity index (χ3n) is 5.56. The highest BCUT2D eigenvalue weighted by Gasteiger charge is 2.25. The molecule has 158 valence electrons. The minimum absolute atomic E-state index is 0.00607. The predicted octanol–water partition coefficient (Wildman–Crippen LogP) is 3.63. The zero-order valence-corrected chi connectivity index (χ0v) is 17.2. The van der Waals surface area contributed by atoms with E-state index in [0.29, 0.717) is 17.9 Å². The normalized spacial score (nSPS) is 16.0. The number of rotatable bonds is 6. The number of pyridine rings is 1. The summed E-state index contributed by atoms with van der Waals surface area (Å²) < 4.78 is 5.61. The molecule has 1 atom stereocenters. The quantitative estimate of drug-likeness (QED) is 0.666. The first-order chi connectivity index (χ1) is 15.1. The van der Waals surface area contributed by atoms with Crippen LogP contribution in [0.4, 0.5) is 0 Å². The van der Waals surface area contributed by atoms with Crippen LogP contribution in [0.3, 0.4) is 0 Å². The average molecular weight is 415 g/mol. The first kappa shape index (κ1) is 20.6. The van der Waals surface area contributed by atoms with Crippen LogP contribution in [-0.4, -0.2) is 41.4 Å². The highest BCUT2D eigenvalue weighted by Crippen LogP contribution is 2.28. The van der Waals surface area contributed by atoms with Crippen molar-refractivity contribution in [3.8, 4) is 16.9 Å². The summed E-state index contributed by atoms with van der Waals surface area (Å²) in [5, 5.41) is 0. The van der Waals surface area contributed by atoms with Gasteiger partial charge in [-0.25, -0.2) is 0 Å². The van der Waals surface area contributed by atoms with Gasteiger partial charge in [-0.2, -0.15) is 0 Å². The van der Waals surface area contributed by atoms with Crippen molar-refractivity contribution < 1.29 is 14.3 Å². The van der Waals surface area contributed by atoms with Gasteiger partial charge in [0.15, 0.2) is 6.61 Å². The Bertz CT molecular complexity index is 1050. The van der Waals surface area contributed by atoms with Crippen molar-refractivity contribution in [3.05, 3.63) is 84.2 Å². The van der Waals surface area contributed by atoms with Gasteiger partial charge in [0.05, 0.1) is 0 Å². The number of carbonyl (C=O) groups is 2. The molecule has 1 fully saturated rings. The molecule has 4 rings (SSSR count). The molecule has 0 aliphatic carbocycles. The molecule has 2 amide bonds. The Hall–Kier alpha value is -3.67. The smallest absolute Gasteiger partial charge is 0.260 e. The van der Waals surface area contributed by atoms with E-state index in [2.05, 4.69) is 4.98 Å². The van der Waals surface area contributed by atoms with Gasteiger partial charge < -0.3 is 15.4 Å². The number of carbonyl (C=O) groups excluding carboxylic acids is 2. The number of amides is 2.